The molecular weight excluding hydrogens is 306 g/mol. The van der Waals surface area contributed by atoms with E-state index in [1.165, 1.54) is 0 Å². The van der Waals surface area contributed by atoms with Crippen LogP contribution in [0, 0.1) is 5.92 Å². The summed E-state index contributed by atoms with van der Waals surface area (Å²) in [4.78, 5) is 9.12. The quantitative estimate of drug-likeness (QED) is 0.864. The Labute approximate surface area is 124 Å². The van der Waals surface area contributed by atoms with E-state index in [1.54, 1.807) is 7.11 Å². The van der Waals surface area contributed by atoms with E-state index in [9.17, 15) is 0 Å². The molecule has 1 heterocycles. The number of ether oxygens (including phenoxy) is 1. The molecule has 0 aliphatic rings. The fraction of sp³-hybridized carbons (Fsp3) is 0.714. The maximum atomic E-state index is 6.00. The van der Waals surface area contributed by atoms with Gasteiger partial charge in [0.1, 0.15) is 11.4 Å². The van der Waals surface area contributed by atoms with Crippen molar-refractivity contribution in [1.82, 2.24) is 9.97 Å². The average Bonchev–Trinajstić information content (AvgIpc) is 2.37. The first-order valence-electron chi connectivity index (χ1n) is 6.77. The van der Waals surface area contributed by atoms with Crippen LogP contribution in [0.4, 0.5) is 5.82 Å². The van der Waals surface area contributed by atoms with Gasteiger partial charge in [-0.1, -0.05) is 27.7 Å². The highest BCUT2D eigenvalue weighted by Gasteiger charge is 2.32. The molecule has 19 heavy (non-hydrogen) atoms. The number of anilines is 1. The fourth-order valence-corrected chi connectivity index (χ4v) is 2.52. The molecule has 108 valence electrons. The van der Waals surface area contributed by atoms with E-state index in [0.29, 0.717) is 17.6 Å². The van der Waals surface area contributed by atoms with Crippen molar-refractivity contribution < 1.29 is 4.74 Å². The summed E-state index contributed by atoms with van der Waals surface area (Å²) in [5, 5.41) is 0. The Hall–Kier alpha value is -0.680. The summed E-state index contributed by atoms with van der Waals surface area (Å²) in [6.07, 6.45) is 2.51. The zero-order chi connectivity index (χ0) is 14.6. The van der Waals surface area contributed by atoms with Gasteiger partial charge in [-0.15, -0.1) is 0 Å². The van der Waals surface area contributed by atoms with Crippen molar-refractivity contribution in [2.75, 3.05) is 12.8 Å². The third-order valence-corrected chi connectivity index (χ3v) is 4.35. The van der Waals surface area contributed by atoms with Gasteiger partial charge in [0.25, 0.3) is 0 Å². The lowest BCUT2D eigenvalue weighted by Crippen LogP contribution is -2.30. The number of nitrogens with two attached hydrogens (primary N) is 1. The van der Waals surface area contributed by atoms with Crippen molar-refractivity contribution in [3.8, 4) is 0 Å². The first kappa shape index (κ1) is 16.4. The van der Waals surface area contributed by atoms with Crippen LogP contribution >= 0.6 is 15.9 Å². The Morgan fingerprint density at radius 1 is 1.26 bits per heavy atom. The van der Waals surface area contributed by atoms with Gasteiger partial charge in [-0.05, 0) is 41.1 Å². The zero-order valence-electron chi connectivity index (χ0n) is 12.5. The van der Waals surface area contributed by atoms with Crippen LogP contribution in [0.1, 0.15) is 52.1 Å². The molecule has 0 radical (unpaired) electrons. The highest BCUT2D eigenvalue weighted by atomic mass is 79.9. The minimum Gasteiger partial charge on any atom is -0.383 e. The van der Waals surface area contributed by atoms with Crippen LogP contribution in [0.25, 0.3) is 0 Å². The number of hydrogen-bond acceptors (Lipinski definition) is 4. The molecule has 0 bridgehead atoms. The fourth-order valence-electron chi connectivity index (χ4n) is 2.18. The molecule has 0 aliphatic carbocycles. The van der Waals surface area contributed by atoms with Crippen molar-refractivity contribution >= 4 is 21.7 Å². The highest BCUT2D eigenvalue weighted by Crippen LogP contribution is 2.33. The van der Waals surface area contributed by atoms with Gasteiger partial charge >= 0.3 is 0 Å². The van der Waals surface area contributed by atoms with E-state index in [-0.39, 0.29) is 0 Å². The van der Waals surface area contributed by atoms with Gasteiger partial charge in [-0.2, -0.15) is 0 Å². The van der Waals surface area contributed by atoms with Crippen LogP contribution in [0.3, 0.4) is 0 Å². The molecule has 0 spiro atoms. The SMILES string of the molecule is CCC(CC)(OC)c1nc(N)c(Br)c(CC(C)C)n1. The van der Waals surface area contributed by atoms with Gasteiger partial charge < -0.3 is 10.5 Å². The number of rotatable bonds is 6. The predicted molar refractivity (Wildman–Crippen MR) is 82.0 cm³/mol. The van der Waals surface area contributed by atoms with E-state index in [4.69, 9.17) is 15.5 Å². The minimum absolute atomic E-state index is 0.444. The lowest BCUT2D eigenvalue weighted by Gasteiger charge is -2.29. The van der Waals surface area contributed by atoms with Gasteiger partial charge in [0, 0.05) is 7.11 Å². The summed E-state index contributed by atoms with van der Waals surface area (Å²) in [6.45, 7) is 8.48. The van der Waals surface area contributed by atoms with Gasteiger partial charge in [-0.3, -0.25) is 0 Å². The smallest absolute Gasteiger partial charge is 0.162 e. The Bertz CT molecular complexity index is 423. The van der Waals surface area contributed by atoms with Gasteiger partial charge in [0.05, 0.1) is 10.2 Å². The largest absolute Gasteiger partial charge is 0.383 e. The second-order valence-electron chi connectivity index (χ2n) is 5.20. The lowest BCUT2D eigenvalue weighted by atomic mass is 9.95. The maximum absolute atomic E-state index is 6.00. The van der Waals surface area contributed by atoms with Crippen molar-refractivity contribution in [1.29, 1.82) is 0 Å². The molecule has 1 aromatic heterocycles. The minimum atomic E-state index is -0.444. The topological polar surface area (TPSA) is 61.0 Å². The van der Waals surface area contributed by atoms with Crippen molar-refractivity contribution in [2.45, 2.75) is 52.6 Å². The molecule has 2 N–H and O–H groups in total. The third kappa shape index (κ3) is 3.45. The molecule has 0 aromatic carbocycles. The van der Waals surface area contributed by atoms with Crippen LogP contribution in [0.15, 0.2) is 4.47 Å². The summed E-state index contributed by atoms with van der Waals surface area (Å²) in [7, 11) is 1.71. The number of methoxy groups -OCH3 is 1. The molecular formula is C14H24BrN3O. The first-order chi connectivity index (χ1) is 8.90. The molecule has 0 aliphatic heterocycles. The van der Waals surface area contributed by atoms with Crippen molar-refractivity contribution in [3.05, 3.63) is 16.0 Å². The molecule has 0 fully saturated rings. The summed E-state index contributed by atoms with van der Waals surface area (Å²) in [6, 6.07) is 0. The van der Waals surface area contributed by atoms with Crippen LogP contribution in [0.2, 0.25) is 0 Å². The summed E-state index contributed by atoms with van der Waals surface area (Å²) in [5.41, 5.74) is 6.52. The number of nitrogens with zero attached hydrogens (tertiary/aromatic N) is 2. The van der Waals surface area contributed by atoms with Crippen LogP contribution in [-0.2, 0) is 16.8 Å². The molecule has 0 unspecified atom stereocenters. The third-order valence-electron chi connectivity index (χ3n) is 3.49. The van der Waals surface area contributed by atoms with E-state index in [0.717, 1.165) is 29.4 Å². The summed E-state index contributed by atoms with van der Waals surface area (Å²) < 4.78 is 6.49. The molecule has 0 amide bonds. The lowest BCUT2D eigenvalue weighted by molar-refractivity contribution is -0.0292. The highest BCUT2D eigenvalue weighted by molar-refractivity contribution is 9.10. The van der Waals surface area contributed by atoms with Crippen molar-refractivity contribution in [3.63, 3.8) is 0 Å². The number of hydrogen-bond donors (Lipinski definition) is 1. The monoisotopic (exact) mass is 329 g/mol. The van der Waals surface area contributed by atoms with Gasteiger partial charge in [0.2, 0.25) is 0 Å². The molecule has 0 saturated carbocycles. The predicted octanol–water partition coefficient (Wildman–Crippen LogP) is 3.68. The number of aromatic nitrogens is 2. The van der Waals surface area contributed by atoms with Crippen LogP contribution in [-0.4, -0.2) is 17.1 Å². The summed E-state index contributed by atoms with van der Waals surface area (Å²) >= 11 is 3.48. The van der Waals surface area contributed by atoms with E-state index >= 15 is 0 Å². The standard InChI is InChI=1S/C14H24BrN3O/c1-6-14(7-2,19-5)13-17-10(8-9(3)4)11(15)12(16)18-13/h9H,6-8H2,1-5H3,(H2,16,17,18). The first-order valence-corrected chi connectivity index (χ1v) is 7.57. The number of halogens is 1. The Morgan fingerprint density at radius 2 is 1.84 bits per heavy atom. The van der Waals surface area contributed by atoms with Crippen molar-refractivity contribution in [2.24, 2.45) is 5.92 Å². The Balaban J connectivity index is 3.33. The Kier molecular flexibility index (Phi) is 5.74. The zero-order valence-corrected chi connectivity index (χ0v) is 14.0. The Morgan fingerprint density at radius 3 is 2.26 bits per heavy atom. The summed E-state index contributed by atoms with van der Waals surface area (Å²) in [5.74, 6) is 1.69. The van der Waals surface area contributed by atoms with Crippen LogP contribution < -0.4 is 5.73 Å². The number of nitrogen functional groups attached to an aromatic ring is 1. The second kappa shape index (κ2) is 6.66. The van der Waals surface area contributed by atoms with E-state index in [2.05, 4.69) is 48.6 Å². The van der Waals surface area contributed by atoms with Gasteiger partial charge in [-0.25, -0.2) is 9.97 Å². The average molecular weight is 330 g/mol. The van der Waals surface area contributed by atoms with Crippen LogP contribution in [0.5, 0.6) is 0 Å². The van der Waals surface area contributed by atoms with Gasteiger partial charge in [0.15, 0.2) is 5.82 Å². The molecule has 5 heteroatoms. The molecule has 1 aromatic rings. The molecule has 0 atom stereocenters. The molecule has 1 rings (SSSR count). The molecule has 0 saturated heterocycles. The van der Waals surface area contributed by atoms with E-state index in [1.807, 2.05) is 0 Å². The normalized spacial score (nSPS) is 12.2. The molecule has 4 nitrogen and oxygen atoms in total. The second-order valence-corrected chi connectivity index (χ2v) is 5.99. The maximum Gasteiger partial charge on any atom is 0.162 e. The van der Waals surface area contributed by atoms with E-state index < -0.39 is 5.60 Å².